The Hall–Kier alpha value is -0.530. The van der Waals surface area contributed by atoms with Gasteiger partial charge >= 0.3 is 0 Å². The smallest absolute Gasteiger partial charge is 0.0386 e. The molecular formula is C13H18ClN. The van der Waals surface area contributed by atoms with Crippen LogP contribution in [0.4, 0.5) is 0 Å². The van der Waals surface area contributed by atoms with E-state index in [0.717, 1.165) is 26.1 Å². The van der Waals surface area contributed by atoms with Gasteiger partial charge in [-0.05, 0) is 24.4 Å². The molecule has 1 aromatic carbocycles. The Balaban J connectivity index is 1.91. The molecule has 1 aliphatic rings. The highest BCUT2D eigenvalue weighted by atomic mass is 35.5. The molecule has 15 heavy (non-hydrogen) atoms. The second kappa shape index (κ2) is 5.00. The van der Waals surface area contributed by atoms with Gasteiger partial charge in [0.2, 0.25) is 0 Å². The van der Waals surface area contributed by atoms with E-state index in [1.807, 2.05) is 0 Å². The molecule has 0 unspecified atom stereocenters. The van der Waals surface area contributed by atoms with E-state index in [2.05, 4.69) is 42.2 Å². The number of likely N-dealkylation sites (tertiary alicyclic amines) is 1. The molecule has 1 fully saturated rings. The van der Waals surface area contributed by atoms with Crippen molar-refractivity contribution in [2.24, 2.45) is 5.92 Å². The average molecular weight is 224 g/mol. The highest BCUT2D eigenvalue weighted by molar-refractivity contribution is 6.20. The van der Waals surface area contributed by atoms with Crippen molar-refractivity contribution < 1.29 is 0 Å². The van der Waals surface area contributed by atoms with Crippen molar-refractivity contribution in [3.05, 3.63) is 35.9 Å². The van der Waals surface area contributed by atoms with Crippen molar-refractivity contribution in [1.29, 1.82) is 0 Å². The highest BCUT2D eigenvalue weighted by Gasteiger charge is 2.23. The maximum atomic E-state index is 6.21. The number of hydrogen-bond donors (Lipinski definition) is 0. The molecule has 2 heteroatoms. The van der Waals surface area contributed by atoms with Gasteiger partial charge in [0.1, 0.15) is 0 Å². The molecule has 82 valence electrons. The molecule has 1 aliphatic heterocycles. The van der Waals surface area contributed by atoms with E-state index in [4.69, 9.17) is 11.6 Å². The minimum atomic E-state index is 0.372. The van der Waals surface area contributed by atoms with Crippen LogP contribution in [0.3, 0.4) is 0 Å². The van der Waals surface area contributed by atoms with E-state index in [1.54, 1.807) is 0 Å². The van der Waals surface area contributed by atoms with Crippen LogP contribution in [0.5, 0.6) is 0 Å². The molecule has 1 saturated heterocycles. The van der Waals surface area contributed by atoms with Gasteiger partial charge in [0.15, 0.2) is 0 Å². The predicted molar refractivity (Wildman–Crippen MR) is 65.1 cm³/mol. The third-order valence-electron chi connectivity index (χ3n) is 3.13. The number of rotatable bonds is 2. The van der Waals surface area contributed by atoms with Gasteiger partial charge < -0.3 is 0 Å². The lowest BCUT2D eigenvalue weighted by molar-refractivity contribution is 0.180. The zero-order valence-electron chi connectivity index (χ0n) is 9.20. The minimum absolute atomic E-state index is 0.372. The summed E-state index contributed by atoms with van der Waals surface area (Å²) in [5, 5.41) is 0.372. The number of benzene rings is 1. The van der Waals surface area contributed by atoms with Gasteiger partial charge in [-0.15, -0.1) is 11.6 Å². The first-order valence-electron chi connectivity index (χ1n) is 5.66. The van der Waals surface area contributed by atoms with Crippen molar-refractivity contribution >= 4 is 11.6 Å². The Morgan fingerprint density at radius 3 is 2.73 bits per heavy atom. The van der Waals surface area contributed by atoms with Gasteiger partial charge in [-0.2, -0.15) is 0 Å². The van der Waals surface area contributed by atoms with E-state index in [0.29, 0.717) is 11.3 Å². The lowest BCUT2D eigenvalue weighted by Crippen LogP contribution is -2.39. The Kier molecular flexibility index (Phi) is 3.66. The molecular weight excluding hydrogens is 206 g/mol. The first kappa shape index (κ1) is 11.0. The number of nitrogens with zero attached hydrogens (tertiary/aromatic N) is 1. The zero-order valence-corrected chi connectivity index (χ0v) is 9.95. The summed E-state index contributed by atoms with van der Waals surface area (Å²) in [4.78, 5) is 2.50. The number of piperidine rings is 1. The molecule has 0 N–H and O–H groups in total. The normalized spacial score (nSPS) is 27.9. The quantitative estimate of drug-likeness (QED) is 0.697. The van der Waals surface area contributed by atoms with Gasteiger partial charge in [-0.25, -0.2) is 0 Å². The summed E-state index contributed by atoms with van der Waals surface area (Å²) in [6.45, 7) is 5.57. The Morgan fingerprint density at radius 1 is 1.33 bits per heavy atom. The fraction of sp³-hybridized carbons (Fsp3) is 0.538. The summed E-state index contributed by atoms with van der Waals surface area (Å²) >= 11 is 6.21. The standard InChI is InChI=1S/C13H18ClN/c1-11-9-15(8-7-13(11)14)10-12-5-3-2-4-6-12/h2-6,11,13H,7-10H2,1H3/t11-,13+/m1/s1. The zero-order chi connectivity index (χ0) is 10.7. The molecule has 0 saturated carbocycles. The van der Waals surface area contributed by atoms with Crippen LogP contribution in [0.25, 0.3) is 0 Å². The summed E-state index contributed by atoms with van der Waals surface area (Å²) < 4.78 is 0. The molecule has 0 amide bonds. The summed E-state index contributed by atoms with van der Waals surface area (Å²) in [6.07, 6.45) is 1.12. The highest BCUT2D eigenvalue weighted by Crippen LogP contribution is 2.22. The Labute approximate surface area is 97.0 Å². The first-order valence-corrected chi connectivity index (χ1v) is 6.09. The van der Waals surface area contributed by atoms with Crippen molar-refractivity contribution in [1.82, 2.24) is 4.90 Å². The van der Waals surface area contributed by atoms with Crippen LogP contribution >= 0.6 is 11.6 Å². The lowest BCUT2D eigenvalue weighted by atomic mass is 9.99. The molecule has 2 rings (SSSR count). The molecule has 1 nitrogen and oxygen atoms in total. The van der Waals surface area contributed by atoms with E-state index in [-0.39, 0.29) is 0 Å². The molecule has 0 aromatic heterocycles. The van der Waals surface area contributed by atoms with Crippen LogP contribution in [0, 0.1) is 5.92 Å². The van der Waals surface area contributed by atoms with E-state index < -0.39 is 0 Å². The maximum absolute atomic E-state index is 6.21. The van der Waals surface area contributed by atoms with Gasteiger partial charge in [0.05, 0.1) is 0 Å². The summed E-state index contributed by atoms with van der Waals surface area (Å²) in [6, 6.07) is 10.7. The Bertz CT molecular complexity index is 299. The third kappa shape index (κ3) is 2.96. The van der Waals surface area contributed by atoms with Crippen LogP contribution < -0.4 is 0 Å². The number of hydrogen-bond acceptors (Lipinski definition) is 1. The average Bonchev–Trinajstić information content (AvgIpc) is 2.25. The molecule has 1 aromatic rings. The summed E-state index contributed by atoms with van der Waals surface area (Å²) in [5.74, 6) is 0.615. The molecule has 1 heterocycles. The first-order chi connectivity index (χ1) is 7.25. The van der Waals surface area contributed by atoms with Crippen molar-refractivity contribution in [2.45, 2.75) is 25.3 Å². The SMILES string of the molecule is C[C@@H]1CN(Cc2ccccc2)CC[C@@H]1Cl. The van der Waals surface area contributed by atoms with Crippen molar-refractivity contribution in [3.8, 4) is 0 Å². The topological polar surface area (TPSA) is 3.24 Å². The largest absolute Gasteiger partial charge is 0.299 e. The Morgan fingerprint density at radius 2 is 2.07 bits per heavy atom. The van der Waals surface area contributed by atoms with Gasteiger partial charge in [0.25, 0.3) is 0 Å². The molecule has 0 bridgehead atoms. The van der Waals surface area contributed by atoms with Crippen molar-refractivity contribution in [2.75, 3.05) is 13.1 Å². The van der Waals surface area contributed by atoms with Crippen LogP contribution in [0.2, 0.25) is 0 Å². The van der Waals surface area contributed by atoms with Crippen molar-refractivity contribution in [3.63, 3.8) is 0 Å². The van der Waals surface area contributed by atoms with Gasteiger partial charge in [0, 0.05) is 18.5 Å². The van der Waals surface area contributed by atoms with Crippen LogP contribution in [0.15, 0.2) is 30.3 Å². The third-order valence-corrected chi connectivity index (χ3v) is 3.78. The van der Waals surface area contributed by atoms with E-state index >= 15 is 0 Å². The second-order valence-corrected chi connectivity index (χ2v) is 5.06. The van der Waals surface area contributed by atoms with Crippen LogP contribution in [0.1, 0.15) is 18.9 Å². The van der Waals surface area contributed by atoms with Gasteiger partial charge in [-0.3, -0.25) is 4.90 Å². The number of alkyl halides is 1. The fourth-order valence-electron chi connectivity index (χ4n) is 2.19. The fourth-order valence-corrected chi connectivity index (χ4v) is 2.37. The molecule has 0 spiro atoms. The van der Waals surface area contributed by atoms with E-state index in [1.165, 1.54) is 5.56 Å². The lowest BCUT2D eigenvalue weighted by Gasteiger charge is -2.34. The second-order valence-electron chi connectivity index (χ2n) is 4.50. The monoisotopic (exact) mass is 223 g/mol. The number of halogens is 1. The van der Waals surface area contributed by atoms with Crippen LogP contribution in [-0.2, 0) is 6.54 Å². The molecule has 2 atom stereocenters. The predicted octanol–water partition coefficient (Wildman–Crippen LogP) is 3.14. The van der Waals surface area contributed by atoms with Crippen LogP contribution in [-0.4, -0.2) is 23.4 Å². The minimum Gasteiger partial charge on any atom is -0.299 e. The summed E-state index contributed by atoms with van der Waals surface area (Å²) in [7, 11) is 0. The maximum Gasteiger partial charge on any atom is 0.0386 e. The van der Waals surface area contributed by atoms with Gasteiger partial charge in [-0.1, -0.05) is 37.3 Å². The molecule has 0 radical (unpaired) electrons. The summed E-state index contributed by atoms with van der Waals surface area (Å²) in [5.41, 5.74) is 1.40. The van der Waals surface area contributed by atoms with E-state index in [9.17, 15) is 0 Å². The molecule has 0 aliphatic carbocycles.